The Labute approximate surface area is 240 Å². The van der Waals surface area contributed by atoms with Crippen molar-refractivity contribution >= 4 is 29.7 Å². The van der Waals surface area contributed by atoms with Crippen LogP contribution in [0.2, 0.25) is 0 Å². The summed E-state index contributed by atoms with van der Waals surface area (Å²) in [6.45, 7) is 3.06. The number of hydrogen-bond donors (Lipinski definition) is 0. The molecule has 7 heteroatoms. The van der Waals surface area contributed by atoms with E-state index >= 15 is 0 Å². The largest absolute Gasteiger partial charge is 0.469 e. The summed E-state index contributed by atoms with van der Waals surface area (Å²) in [5, 5.41) is 0. The molecule has 0 spiro atoms. The topological polar surface area (TPSA) is 78.9 Å². The monoisotopic (exact) mass is 560 g/mol. The molecule has 6 nitrogen and oxygen atoms in total. The lowest BCUT2D eigenvalue weighted by atomic mass is 9.77. The first-order chi connectivity index (χ1) is 19.2. The van der Waals surface area contributed by atoms with Gasteiger partial charge in [0, 0.05) is 20.3 Å². The van der Waals surface area contributed by atoms with Crippen LogP contribution in [-0.2, 0) is 33.3 Å². The van der Waals surface area contributed by atoms with Crippen LogP contribution in [0.4, 0.5) is 0 Å². The van der Waals surface area contributed by atoms with Crippen LogP contribution in [0.5, 0.6) is 0 Å². The fourth-order valence-electron chi connectivity index (χ4n) is 5.22. The highest BCUT2D eigenvalue weighted by Gasteiger charge is 2.55. The van der Waals surface area contributed by atoms with Crippen LogP contribution >= 0.6 is 11.8 Å². The lowest BCUT2D eigenvalue weighted by Gasteiger charge is -2.40. The molecule has 210 valence electrons. The van der Waals surface area contributed by atoms with Crippen molar-refractivity contribution < 1.29 is 28.6 Å². The van der Waals surface area contributed by atoms with Crippen LogP contribution in [0.3, 0.4) is 0 Å². The number of esters is 3. The van der Waals surface area contributed by atoms with E-state index in [9.17, 15) is 14.4 Å². The van der Waals surface area contributed by atoms with Crippen molar-refractivity contribution in [3.8, 4) is 0 Å². The molecule has 0 unspecified atom stereocenters. The van der Waals surface area contributed by atoms with Crippen LogP contribution in [0.15, 0.2) is 91.0 Å². The first kappa shape index (κ1) is 29.4. The van der Waals surface area contributed by atoms with Gasteiger partial charge in [-0.3, -0.25) is 14.4 Å². The molecule has 0 amide bonds. The first-order valence-corrected chi connectivity index (χ1v) is 14.6. The van der Waals surface area contributed by atoms with E-state index in [1.807, 2.05) is 30.0 Å². The number of ether oxygens (including phenoxy) is 3. The number of benzene rings is 3. The first-order valence-electron chi connectivity index (χ1n) is 13.6. The van der Waals surface area contributed by atoms with Crippen molar-refractivity contribution in [1.82, 2.24) is 0 Å². The maximum Gasteiger partial charge on any atom is 0.326 e. The highest BCUT2D eigenvalue weighted by molar-refractivity contribution is 8.00. The molecule has 4 rings (SSSR count). The van der Waals surface area contributed by atoms with Crippen molar-refractivity contribution in [2.45, 2.75) is 56.5 Å². The molecular weight excluding hydrogens is 524 g/mol. The van der Waals surface area contributed by atoms with Gasteiger partial charge in [-0.05, 0) is 41.7 Å². The molecule has 0 atom stereocenters. The van der Waals surface area contributed by atoms with Crippen LogP contribution in [-0.4, -0.2) is 36.6 Å². The molecule has 1 aliphatic rings. The molecule has 0 radical (unpaired) electrons. The van der Waals surface area contributed by atoms with Crippen LogP contribution < -0.4 is 0 Å². The number of methoxy groups -OCH3 is 1. The third-order valence-corrected chi connectivity index (χ3v) is 8.93. The predicted octanol–water partition coefficient (Wildman–Crippen LogP) is 6.66. The fraction of sp³-hybridized carbons (Fsp3) is 0.364. The summed E-state index contributed by atoms with van der Waals surface area (Å²) in [7, 11) is 1.28. The zero-order chi connectivity index (χ0) is 28.6. The second kappa shape index (κ2) is 12.7. The highest BCUT2D eigenvalue weighted by atomic mass is 32.2. The Bertz CT molecular complexity index is 1170. The van der Waals surface area contributed by atoms with E-state index in [4.69, 9.17) is 14.2 Å². The number of thioether (sulfide) groups is 1. The van der Waals surface area contributed by atoms with Crippen LogP contribution in [0.25, 0.3) is 0 Å². The van der Waals surface area contributed by atoms with E-state index in [0.717, 1.165) is 12.2 Å². The number of rotatable bonds is 12. The second-order valence-corrected chi connectivity index (χ2v) is 11.7. The molecule has 1 aliphatic heterocycles. The van der Waals surface area contributed by atoms with E-state index in [1.165, 1.54) is 37.6 Å². The summed E-state index contributed by atoms with van der Waals surface area (Å²) in [6.07, 6.45) is 1.46. The second-order valence-electron chi connectivity index (χ2n) is 10.4. The summed E-state index contributed by atoms with van der Waals surface area (Å²) < 4.78 is 15.3. The van der Waals surface area contributed by atoms with Crippen molar-refractivity contribution in [2.24, 2.45) is 5.41 Å². The Morgan fingerprint density at radius 2 is 1.20 bits per heavy atom. The Morgan fingerprint density at radius 1 is 0.750 bits per heavy atom. The molecule has 3 aromatic carbocycles. The average Bonchev–Trinajstić information content (AvgIpc) is 2.96. The van der Waals surface area contributed by atoms with Crippen molar-refractivity contribution in [2.75, 3.05) is 12.9 Å². The Hall–Kier alpha value is -3.58. The van der Waals surface area contributed by atoms with E-state index < -0.39 is 33.9 Å². The zero-order valence-electron chi connectivity index (χ0n) is 23.3. The smallest absolute Gasteiger partial charge is 0.326 e. The van der Waals surface area contributed by atoms with Gasteiger partial charge in [0.15, 0.2) is 5.41 Å². The fourth-order valence-corrected chi connectivity index (χ4v) is 6.78. The number of cyclic esters (lactones) is 2. The van der Waals surface area contributed by atoms with E-state index in [0.29, 0.717) is 6.42 Å². The molecule has 0 aromatic heterocycles. The minimum atomic E-state index is -1.52. The van der Waals surface area contributed by atoms with Gasteiger partial charge in [0.2, 0.25) is 0 Å². The molecule has 1 fully saturated rings. The van der Waals surface area contributed by atoms with Crippen LogP contribution in [0.1, 0.15) is 62.6 Å². The summed E-state index contributed by atoms with van der Waals surface area (Å²) in [6, 6.07) is 31.4. The minimum Gasteiger partial charge on any atom is -0.469 e. The Balaban J connectivity index is 1.56. The van der Waals surface area contributed by atoms with Crippen molar-refractivity contribution in [3.05, 3.63) is 108 Å². The summed E-state index contributed by atoms with van der Waals surface area (Å²) >= 11 is 1.83. The molecule has 40 heavy (non-hydrogen) atoms. The predicted molar refractivity (Wildman–Crippen MR) is 155 cm³/mol. The molecular formula is C33H36O6S. The Kier molecular flexibility index (Phi) is 9.36. The van der Waals surface area contributed by atoms with E-state index in [1.54, 1.807) is 0 Å². The quantitative estimate of drug-likeness (QED) is 0.106. The van der Waals surface area contributed by atoms with Gasteiger partial charge in [0.1, 0.15) is 0 Å². The standard InChI is InChI=1S/C33H36O6S/c1-31(2)38-29(35)32(30(36)39-31,23-21-28(34)37-3)22-13-14-24-40-33(25-15-7-4-8-16-25,26-17-9-5-10-18-26)27-19-11-6-12-20-27/h4-12,15-20H,13-14,21-24H2,1-3H3. The SMILES string of the molecule is COC(=O)CCC1(CCCCSC(c2ccccc2)(c2ccccc2)c2ccccc2)C(=O)OC(C)(C)OC1=O. The van der Waals surface area contributed by atoms with Gasteiger partial charge in [-0.1, -0.05) is 97.4 Å². The minimum absolute atomic E-state index is 0.0114. The molecule has 0 saturated carbocycles. The zero-order valence-corrected chi connectivity index (χ0v) is 24.1. The lowest BCUT2D eigenvalue weighted by molar-refractivity contribution is -0.252. The number of carbonyl (C=O) groups is 3. The maximum atomic E-state index is 13.1. The van der Waals surface area contributed by atoms with Gasteiger partial charge in [-0.25, -0.2) is 0 Å². The van der Waals surface area contributed by atoms with E-state index in [-0.39, 0.29) is 19.3 Å². The Morgan fingerprint density at radius 3 is 1.62 bits per heavy atom. The average molecular weight is 561 g/mol. The van der Waals surface area contributed by atoms with Crippen molar-refractivity contribution in [3.63, 3.8) is 0 Å². The molecule has 1 saturated heterocycles. The van der Waals surface area contributed by atoms with Gasteiger partial charge in [0.25, 0.3) is 5.79 Å². The summed E-state index contributed by atoms with van der Waals surface area (Å²) in [5.41, 5.74) is 2.00. The van der Waals surface area contributed by atoms with Gasteiger partial charge in [-0.15, -0.1) is 11.8 Å². The van der Waals surface area contributed by atoms with Gasteiger partial charge >= 0.3 is 17.9 Å². The number of unbranched alkanes of at least 4 members (excludes halogenated alkanes) is 1. The highest BCUT2D eigenvalue weighted by Crippen LogP contribution is 2.49. The molecule has 0 N–H and O–H groups in total. The number of carbonyl (C=O) groups excluding carboxylic acids is 3. The van der Waals surface area contributed by atoms with Gasteiger partial charge in [0.05, 0.1) is 11.9 Å². The molecule has 0 aliphatic carbocycles. The van der Waals surface area contributed by atoms with Gasteiger partial charge in [-0.2, -0.15) is 0 Å². The molecule has 3 aromatic rings. The third-order valence-electron chi connectivity index (χ3n) is 7.30. The third kappa shape index (κ3) is 6.25. The molecule has 0 bridgehead atoms. The number of hydrogen-bond acceptors (Lipinski definition) is 7. The van der Waals surface area contributed by atoms with Crippen LogP contribution in [0, 0.1) is 5.41 Å². The normalized spacial score (nSPS) is 16.1. The van der Waals surface area contributed by atoms with Crippen molar-refractivity contribution in [1.29, 1.82) is 0 Å². The molecule has 1 heterocycles. The van der Waals surface area contributed by atoms with E-state index in [2.05, 4.69) is 72.8 Å². The summed E-state index contributed by atoms with van der Waals surface area (Å²) in [5.74, 6) is -2.34. The van der Waals surface area contributed by atoms with Gasteiger partial charge < -0.3 is 14.2 Å². The summed E-state index contributed by atoms with van der Waals surface area (Å²) in [4.78, 5) is 38.2. The lowest BCUT2D eigenvalue weighted by Crippen LogP contribution is -2.54. The maximum absolute atomic E-state index is 13.1.